The van der Waals surface area contributed by atoms with Crippen molar-refractivity contribution in [3.05, 3.63) is 59.7 Å². The van der Waals surface area contributed by atoms with Crippen LogP contribution in [0.1, 0.15) is 63.5 Å². The van der Waals surface area contributed by atoms with Crippen LogP contribution >= 0.6 is 0 Å². The average molecular weight is 523 g/mol. The maximum absolute atomic E-state index is 13.3. The van der Waals surface area contributed by atoms with Crippen molar-refractivity contribution in [1.29, 1.82) is 0 Å². The van der Waals surface area contributed by atoms with Gasteiger partial charge in [0.15, 0.2) is 0 Å². The molecule has 0 spiro atoms. The van der Waals surface area contributed by atoms with Gasteiger partial charge in [0, 0.05) is 38.5 Å². The van der Waals surface area contributed by atoms with Gasteiger partial charge in [-0.1, -0.05) is 48.5 Å². The summed E-state index contributed by atoms with van der Waals surface area (Å²) in [6.07, 6.45) is 1.19. The van der Waals surface area contributed by atoms with Gasteiger partial charge in [-0.15, -0.1) is 0 Å². The van der Waals surface area contributed by atoms with Gasteiger partial charge >= 0.3 is 18.2 Å². The molecule has 1 N–H and O–H groups in total. The predicted octanol–water partition coefficient (Wildman–Crippen LogP) is 5.75. The molecule has 0 saturated carbocycles. The Bertz CT molecular complexity index is 1110. The minimum absolute atomic E-state index is 0.0259. The summed E-state index contributed by atoms with van der Waals surface area (Å²) >= 11 is 0. The highest BCUT2D eigenvalue weighted by Crippen LogP contribution is 2.44. The first-order chi connectivity index (χ1) is 18.1. The summed E-state index contributed by atoms with van der Waals surface area (Å²) in [5.41, 5.74) is 4.02. The van der Waals surface area contributed by atoms with E-state index in [-0.39, 0.29) is 37.5 Å². The molecule has 1 aliphatic heterocycles. The molecule has 8 heteroatoms. The molecular weight excluding hydrogens is 484 g/mol. The van der Waals surface area contributed by atoms with E-state index in [1.807, 2.05) is 45.0 Å². The molecule has 8 nitrogen and oxygen atoms in total. The first kappa shape index (κ1) is 27.5. The Kier molecular flexibility index (Phi) is 8.59. The fourth-order valence-electron chi connectivity index (χ4n) is 5.38. The van der Waals surface area contributed by atoms with Crippen molar-refractivity contribution in [2.24, 2.45) is 5.92 Å². The van der Waals surface area contributed by atoms with E-state index in [0.717, 1.165) is 35.1 Å². The third kappa shape index (κ3) is 6.85. The van der Waals surface area contributed by atoms with E-state index in [1.165, 1.54) is 0 Å². The molecule has 204 valence electrons. The number of carbonyl (C=O) groups excluding carboxylic acids is 2. The Morgan fingerprint density at radius 2 is 1.66 bits per heavy atom. The number of hydrogen-bond donors (Lipinski definition) is 1. The molecule has 2 aromatic rings. The second kappa shape index (κ2) is 11.9. The van der Waals surface area contributed by atoms with E-state index in [1.54, 1.807) is 9.80 Å². The Hall–Kier alpha value is -3.55. The highest BCUT2D eigenvalue weighted by molar-refractivity contribution is 5.79. The van der Waals surface area contributed by atoms with Crippen LogP contribution in [0.5, 0.6) is 0 Å². The van der Waals surface area contributed by atoms with Crippen LogP contribution in [0.3, 0.4) is 0 Å². The lowest BCUT2D eigenvalue weighted by Gasteiger charge is -2.36. The number of ether oxygens (including phenoxy) is 2. The number of aliphatic carboxylic acids is 1. The van der Waals surface area contributed by atoms with E-state index >= 15 is 0 Å². The van der Waals surface area contributed by atoms with Crippen LogP contribution in [-0.4, -0.2) is 71.4 Å². The zero-order valence-corrected chi connectivity index (χ0v) is 22.5. The zero-order valence-electron chi connectivity index (χ0n) is 22.5. The molecule has 0 bridgehead atoms. The maximum Gasteiger partial charge on any atom is 0.410 e. The van der Waals surface area contributed by atoms with Crippen LogP contribution in [0.2, 0.25) is 0 Å². The molecule has 2 aromatic carbocycles. The highest BCUT2D eigenvalue weighted by atomic mass is 16.6. The zero-order chi connectivity index (χ0) is 27.3. The summed E-state index contributed by atoms with van der Waals surface area (Å²) in [5, 5.41) is 9.12. The summed E-state index contributed by atoms with van der Waals surface area (Å²) in [5.74, 6) is -0.891. The monoisotopic (exact) mass is 522 g/mol. The summed E-state index contributed by atoms with van der Waals surface area (Å²) in [7, 11) is 0. The Labute approximate surface area is 224 Å². The van der Waals surface area contributed by atoms with E-state index in [2.05, 4.69) is 24.3 Å². The van der Waals surface area contributed by atoms with E-state index in [9.17, 15) is 14.4 Å². The Balaban J connectivity index is 1.42. The minimum atomic E-state index is -0.897. The van der Waals surface area contributed by atoms with Gasteiger partial charge in [-0.2, -0.15) is 0 Å². The number of hydrogen-bond acceptors (Lipinski definition) is 5. The van der Waals surface area contributed by atoms with Crippen molar-refractivity contribution in [3.63, 3.8) is 0 Å². The Morgan fingerprint density at radius 3 is 2.26 bits per heavy atom. The molecule has 1 atom stereocenters. The number of nitrogens with zero attached hydrogens (tertiary/aromatic N) is 2. The largest absolute Gasteiger partial charge is 0.481 e. The van der Waals surface area contributed by atoms with Gasteiger partial charge in [0.1, 0.15) is 12.2 Å². The number of rotatable bonds is 8. The first-order valence-electron chi connectivity index (χ1n) is 13.4. The molecular formula is C30H38N2O6. The topological polar surface area (TPSA) is 96.4 Å². The van der Waals surface area contributed by atoms with Crippen molar-refractivity contribution >= 4 is 18.2 Å². The van der Waals surface area contributed by atoms with Gasteiger partial charge in [-0.3, -0.25) is 4.79 Å². The number of amides is 2. The van der Waals surface area contributed by atoms with Gasteiger partial charge < -0.3 is 24.4 Å². The van der Waals surface area contributed by atoms with Gasteiger partial charge in [-0.05, 0) is 68.2 Å². The molecule has 1 saturated heterocycles. The summed E-state index contributed by atoms with van der Waals surface area (Å²) in [6.45, 7) is 7.52. The quantitative estimate of drug-likeness (QED) is 0.474. The lowest BCUT2D eigenvalue weighted by molar-refractivity contribution is -0.137. The standard InChI is InChI=1S/C30H38N2O6/c1-30(2,3)38-29(36)32-16-8-10-21(19-32)18-31(17-9-15-27(33)34)28(35)37-20-26-24-13-6-4-11-22(24)23-12-5-7-14-25(23)26/h4-7,11-14,21,26H,8-10,15-20H2,1-3H3,(H,33,34)/t21-/m1/s1. The van der Waals surface area contributed by atoms with Crippen molar-refractivity contribution in [3.8, 4) is 11.1 Å². The highest BCUT2D eigenvalue weighted by Gasteiger charge is 2.32. The van der Waals surface area contributed by atoms with Crippen molar-refractivity contribution in [2.45, 2.75) is 58.0 Å². The van der Waals surface area contributed by atoms with E-state index in [4.69, 9.17) is 14.6 Å². The van der Waals surface area contributed by atoms with Crippen LogP contribution in [0.4, 0.5) is 9.59 Å². The molecule has 1 heterocycles. The number of piperidine rings is 1. The number of benzene rings is 2. The first-order valence-corrected chi connectivity index (χ1v) is 13.4. The molecule has 1 aliphatic carbocycles. The predicted molar refractivity (Wildman–Crippen MR) is 144 cm³/mol. The average Bonchev–Trinajstić information content (AvgIpc) is 3.19. The number of fused-ring (bicyclic) bond motifs is 3. The van der Waals surface area contributed by atoms with Gasteiger partial charge in [-0.25, -0.2) is 9.59 Å². The smallest absolute Gasteiger partial charge is 0.410 e. The van der Waals surface area contributed by atoms with E-state index < -0.39 is 17.7 Å². The van der Waals surface area contributed by atoms with Crippen LogP contribution < -0.4 is 0 Å². The number of carboxylic acids is 1. The third-order valence-corrected chi connectivity index (χ3v) is 7.06. The molecule has 2 aliphatic rings. The lowest BCUT2D eigenvalue weighted by Crippen LogP contribution is -2.47. The number of likely N-dealkylation sites (tertiary alicyclic amines) is 1. The van der Waals surface area contributed by atoms with Crippen molar-refractivity contribution in [1.82, 2.24) is 9.80 Å². The third-order valence-electron chi connectivity index (χ3n) is 7.06. The fraction of sp³-hybridized carbons (Fsp3) is 0.500. The van der Waals surface area contributed by atoms with Crippen molar-refractivity contribution < 1.29 is 29.0 Å². The second-order valence-electron chi connectivity index (χ2n) is 11.2. The summed E-state index contributed by atoms with van der Waals surface area (Å²) in [4.78, 5) is 40.4. The minimum Gasteiger partial charge on any atom is -0.481 e. The summed E-state index contributed by atoms with van der Waals surface area (Å²) < 4.78 is 11.4. The number of carbonyl (C=O) groups is 3. The molecule has 2 amide bonds. The molecule has 1 fully saturated rings. The summed E-state index contributed by atoms with van der Waals surface area (Å²) in [6, 6.07) is 16.4. The molecule has 4 rings (SSSR count). The van der Waals surface area contributed by atoms with Crippen LogP contribution in [0.25, 0.3) is 11.1 Å². The number of carboxylic acid groups (broad SMARTS) is 1. The van der Waals surface area contributed by atoms with Gasteiger partial charge in [0.05, 0.1) is 0 Å². The second-order valence-corrected chi connectivity index (χ2v) is 11.2. The molecule has 38 heavy (non-hydrogen) atoms. The van der Waals surface area contributed by atoms with Crippen LogP contribution in [-0.2, 0) is 14.3 Å². The SMILES string of the molecule is CC(C)(C)OC(=O)N1CCC[C@H](CN(CCCC(=O)O)C(=O)OCC2c3ccccc3-c3ccccc32)C1. The van der Waals surface area contributed by atoms with Crippen molar-refractivity contribution in [2.75, 3.05) is 32.8 Å². The lowest BCUT2D eigenvalue weighted by atomic mass is 9.97. The molecule has 0 unspecified atom stereocenters. The maximum atomic E-state index is 13.3. The van der Waals surface area contributed by atoms with Gasteiger partial charge in [0.25, 0.3) is 0 Å². The van der Waals surface area contributed by atoms with Crippen LogP contribution in [0.15, 0.2) is 48.5 Å². The molecule has 0 aromatic heterocycles. The normalized spacial score (nSPS) is 16.9. The molecule has 0 radical (unpaired) electrons. The van der Waals surface area contributed by atoms with E-state index in [0.29, 0.717) is 26.1 Å². The fourth-order valence-corrected chi connectivity index (χ4v) is 5.38. The van der Waals surface area contributed by atoms with Gasteiger partial charge in [0.2, 0.25) is 0 Å². The Morgan fingerprint density at radius 1 is 1.03 bits per heavy atom. The van der Waals surface area contributed by atoms with Crippen LogP contribution in [0, 0.1) is 5.92 Å².